The number of aliphatic hydroxyl groups is 1. The van der Waals surface area contributed by atoms with Crippen molar-refractivity contribution >= 4 is 23.7 Å². The number of amides is 3. The van der Waals surface area contributed by atoms with Crippen molar-refractivity contribution in [3.63, 3.8) is 0 Å². The first-order chi connectivity index (χ1) is 15.0. The van der Waals surface area contributed by atoms with E-state index >= 15 is 0 Å². The first-order valence-corrected chi connectivity index (χ1v) is 11.1. The highest BCUT2D eigenvalue weighted by atomic mass is 16.5. The van der Waals surface area contributed by atoms with Crippen LogP contribution in [0.2, 0.25) is 0 Å². The fourth-order valence-corrected chi connectivity index (χ4v) is 3.58. The van der Waals surface area contributed by atoms with E-state index in [0.29, 0.717) is 6.42 Å². The van der Waals surface area contributed by atoms with Gasteiger partial charge in [0.25, 0.3) is 0 Å². The second-order valence-corrected chi connectivity index (χ2v) is 8.59. The predicted octanol–water partition coefficient (Wildman–Crippen LogP) is 1.18. The minimum absolute atomic E-state index is 0.0745. The van der Waals surface area contributed by atoms with Gasteiger partial charge < -0.3 is 25.8 Å². The molecule has 180 valence electrons. The molecule has 2 unspecified atom stereocenters. The fourth-order valence-electron chi connectivity index (χ4n) is 3.58. The lowest BCUT2D eigenvalue weighted by Gasteiger charge is -2.33. The molecule has 1 rings (SSSR count). The summed E-state index contributed by atoms with van der Waals surface area (Å²) in [6.07, 6.45) is 3.25. The van der Waals surface area contributed by atoms with Crippen LogP contribution in [-0.2, 0) is 23.9 Å². The minimum atomic E-state index is -0.966. The van der Waals surface area contributed by atoms with Crippen LogP contribution in [0.3, 0.4) is 0 Å². The number of hydrogen-bond donors (Lipinski definition) is 4. The summed E-state index contributed by atoms with van der Waals surface area (Å²) in [6, 6.07) is -1.86. The Bertz CT molecular complexity index is 733. The molecule has 0 spiro atoms. The smallest absolute Gasteiger partial charge is 0.329 e. The van der Waals surface area contributed by atoms with Gasteiger partial charge in [-0.15, -0.1) is 0 Å². The van der Waals surface area contributed by atoms with Crippen molar-refractivity contribution in [2.45, 2.75) is 72.1 Å². The van der Waals surface area contributed by atoms with E-state index in [2.05, 4.69) is 22.5 Å². The number of hydrogen-bond acceptors (Lipinski definition) is 6. The molecule has 4 N–H and O–H groups in total. The Hall–Kier alpha value is -2.68. The lowest BCUT2D eigenvalue weighted by Crippen LogP contribution is -2.53. The zero-order chi connectivity index (χ0) is 24.4. The molecule has 1 aliphatic rings. The van der Waals surface area contributed by atoms with Gasteiger partial charge in [-0.05, 0) is 37.7 Å². The molecule has 0 fully saturated rings. The molecule has 0 bridgehead atoms. The molecule has 1 heterocycles. The number of ether oxygens (including phenoxy) is 1. The van der Waals surface area contributed by atoms with Crippen LogP contribution in [0, 0.1) is 17.8 Å². The number of aliphatic hydroxyl groups excluding tert-OH is 1. The number of rotatable bonds is 6. The number of esters is 1. The number of allylic oxidation sites excluding steroid dienone is 1. The Morgan fingerprint density at radius 3 is 2.31 bits per heavy atom. The van der Waals surface area contributed by atoms with Crippen LogP contribution in [0.15, 0.2) is 24.4 Å². The van der Waals surface area contributed by atoms with Crippen LogP contribution in [0.25, 0.3) is 0 Å². The second kappa shape index (κ2) is 13.0. The van der Waals surface area contributed by atoms with Gasteiger partial charge in [-0.2, -0.15) is 0 Å². The Labute approximate surface area is 190 Å². The summed E-state index contributed by atoms with van der Waals surface area (Å²) in [5.74, 6) is -3.52. The van der Waals surface area contributed by atoms with Crippen molar-refractivity contribution in [2.75, 3.05) is 6.61 Å². The van der Waals surface area contributed by atoms with Crippen LogP contribution < -0.4 is 16.0 Å². The first-order valence-electron chi connectivity index (χ1n) is 11.1. The zero-order valence-electron chi connectivity index (χ0n) is 19.6. The summed E-state index contributed by atoms with van der Waals surface area (Å²) in [4.78, 5) is 50.8. The maximum atomic E-state index is 13.1. The third kappa shape index (κ3) is 8.11. The molecule has 0 saturated carbocycles. The Morgan fingerprint density at radius 2 is 1.75 bits per heavy atom. The van der Waals surface area contributed by atoms with Gasteiger partial charge in [-0.1, -0.05) is 40.7 Å². The van der Waals surface area contributed by atoms with Crippen LogP contribution >= 0.6 is 0 Å². The van der Waals surface area contributed by atoms with Crippen LogP contribution in [0.5, 0.6) is 0 Å². The second-order valence-electron chi connectivity index (χ2n) is 8.59. The summed E-state index contributed by atoms with van der Waals surface area (Å²) < 4.78 is 5.83. The van der Waals surface area contributed by atoms with Crippen molar-refractivity contribution in [1.29, 1.82) is 0 Å². The largest absolute Gasteiger partial charge is 0.460 e. The maximum Gasteiger partial charge on any atom is 0.329 e. The normalized spacial score (nSPS) is 28.0. The number of nitrogens with one attached hydrogen (secondary N) is 3. The van der Waals surface area contributed by atoms with Gasteiger partial charge in [0.05, 0.1) is 5.92 Å². The molecular formula is C23H37N3O6. The van der Waals surface area contributed by atoms with E-state index in [-0.39, 0.29) is 30.6 Å². The summed E-state index contributed by atoms with van der Waals surface area (Å²) in [5, 5.41) is 17.3. The summed E-state index contributed by atoms with van der Waals surface area (Å²) in [6.45, 7) is 12.3. The Morgan fingerprint density at radius 1 is 1.09 bits per heavy atom. The van der Waals surface area contributed by atoms with Gasteiger partial charge in [-0.3, -0.25) is 14.4 Å². The van der Waals surface area contributed by atoms with E-state index < -0.39 is 47.8 Å². The van der Waals surface area contributed by atoms with Gasteiger partial charge in [0.15, 0.2) is 0 Å². The van der Waals surface area contributed by atoms with Gasteiger partial charge >= 0.3 is 5.97 Å². The molecule has 5 atom stereocenters. The van der Waals surface area contributed by atoms with E-state index in [1.807, 2.05) is 13.8 Å². The Kier molecular flexibility index (Phi) is 11.1. The van der Waals surface area contributed by atoms with Crippen molar-refractivity contribution in [3.8, 4) is 0 Å². The first kappa shape index (κ1) is 27.4. The maximum absolute atomic E-state index is 13.1. The zero-order valence-corrected chi connectivity index (χ0v) is 19.6. The highest BCUT2D eigenvalue weighted by Crippen LogP contribution is 2.26. The molecule has 1 aliphatic heterocycles. The highest BCUT2D eigenvalue weighted by molar-refractivity contribution is 5.94. The van der Waals surface area contributed by atoms with E-state index in [9.17, 15) is 24.3 Å². The molecule has 0 radical (unpaired) electrons. The van der Waals surface area contributed by atoms with Crippen molar-refractivity contribution in [2.24, 2.45) is 17.8 Å². The van der Waals surface area contributed by atoms with E-state index in [1.165, 1.54) is 13.0 Å². The van der Waals surface area contributed by atoms with Gasteiger partial charge in [0.1, 0.15) is 18.2 Å². The average Bonchev–Trinajstić information content (AvgIpc) is 2.71. The fraction of sp³-hybridized carbons (Fsp3) is 0.652. The topological polar surface area (TPSA) is 134 Å². The molecule has 0 aromatic rings. The molecule has 9 heteroatoms. The molecule has 0 aliphatic carbocycles. The number of carbonyl (C=O) groups is 4. The van der Waals surface area contributed by atoms with E-state index in [4.69, 9.17) is 4.74 Å². The predicted molar refractivity (Wildman–Crippen MR) is 120 cm³/mol. The summed E-state index contributed by atoms with van der Waals surface area (Å²) in [7, 11) is 0. The third-order valence-corrected chi connectivity index (χ3v) is 5.42. The molecule has 3 amide bonds. The van der Waals surface area contributed by atoms with Crippen molar-refractivity contribution < 1.29 is 29.0 Å². The lowest BCUT2D eigenvalue weighted by molar-refractivity contribution is -0.162. The van der Waals surface area contributed by atoms with Gasteiger partial charge in [0, 0.05) is 18.4 Å². The minimum Gasteiger partial charge on any atom is -0.460 e. The SMILES string of the molecule is C=C1/C=C/C(=O)N[C@@H](C)C(=O)NC(C(C)C)C(=O)OC([C@@H](C)CCC)[C@@H](CCO)C(=O)N1. The molecular weight excluding hydrogens is 414 g/mol. The molecule has 0 saturated heterocycles. The molecule has 9 nitrogen and oxygen atoms in total. The van der Waals surface area contributed by atoms with Crippen molar-refractivity contribution in [1.82, 2.24) is 16.0 Å². The van der Waals surface area contributed by atoms with Gasteiger partial charge in [0.2, 0.25) is 17.7 Å². The van der Waals surface area contributed by atoms with Crippen LogP contribution in [0.1, 0.15) is 53.9 Å². The third-order valence-electron chi connectivity index (χ3n) is 5.42. The number of cyclic esters (lactones) is 1. The monoisotopic (exact) mass is 451 g/mol. The summed E-state index contributed by atoms with van der Waals surface area (Å²) in [5.41, 5.74) is 0.161. The standard InChI is InChI=1S/C23H37N3O6/c1-7-8-14(4)20-17(11-12-27)22(30)24-15(5)9-10-18(28)25-16(6)21(29)26-19(13(2)3)23(31)32-20/h9-10,13-14,16-17,19-20,27H,5,7-8,11-12H2,1-4,6H3,(H,24,30)(H,25,28)(H,26,29)/b10-9+/t14-,16-,17+,19?,20?/m0/s1. The number of carbonyl (C=O) groups excluding carboxylic acids is 4. The summed E-state index contributed by atoms with van der Waals surface area (Å²) >= 11 is 0. The van der Waals surface area contributed by atoms with E-state index in [1.54, 1.807) is 13.8 Å². The Balaban J connectivity index is 3.42. The molecule has 0 aromatic heterocycles. The van der Waals surface area contributed by atoms with E-state index in [0.717, 1.165) is 12.5 Å². The van der Waals surface area contributed by atoms with Gasteiger partial charge in [-0.25, -0.2) is 4.79 Å². The quantitative estimate of drug-likeness (QED) is 0.448. The average molecular weight is 452 g/mol. The molecule has 0 aromatic carbocycles. The lowest BCUT2D eigenvalue weighted by atomic mass is 9.86. The van der Waals surface area contributed by atoms with Crippen molar-refractivity contribution in [3.05, 3.63) is 24.4 Å². The van der Waals surface area contributed by atoms with Crippen LogP contribution in [-0.4, -0.2) is 53.6 Å². The highest BCUT2D eigenvalue weighted by Gasteiger charge is 2.38. The molecule has 32 heavy (non-hydrogen) atoms. The van der Waals surface area contributed by atoms with Crippen LogP contribution in [0.4, 0.5) is 0 Å².